The Morgan fingerprint density at radius 3 is 1.82 bits per heavy atom. The normalized spacial score (nSPS) is 14.7. The summed E-state index contributed by atoms with van der Waals surface area (Å²) in [6.45, 7) is 4.52. The van der Waals surface area contributed by atoms with Gasteiger partial charge in [0.1, 0.15) is 0 Å². The first-order valence-electron chi connectivity index (χ1n) is 17.1. The Balaban J connectivity index is 1.26. The fourth-order valence-electron chi connectivity index (χ4n) is 9.07. The van der Waals surface area contributed by atoms with Crippen LogP contribution in [0.3, 0.4) is 0 Å². The SMILES string of the molecule is CC1(C)c2ccccc2-c2ccc(C(=O)c3ccc4c(c3)C(c3ccccc3)(c3ccccc3)c3cccc5c6ccccc6n-4c35)cc21. The molecule has 232 valence electrons. The van der Waals surface area contributed by atoms with Gasteiger partial charge in [0.15, 0.2) is 5.78 Å². The van der Waals surface area contributed by atoms with Crippen molar-refractivity contribution in [2.24, 2.45) is 0 Å². The second kappa shape index (κ2) is 10.0. The minimum atomic E-state index is -0.653. The fourth-order valence-corrected chi connectivity index (χ4v) is 9.07. The van der Waals surface area contributed by atoms with Crippen molar-refractivity contribution in [3.8, 4) is 16.8 Å². The van der Waals surface area contributed by atoms with Gasteiger partial charge in [0.2, 0.25) is 0 Å². The van der Waals surface area contributed by atoms with Crippen molar-refractivity contribution >= 4 is 27.6 Å². The molecular formula is C47H33NO. The Hall–Kier alpha value is -5.99. The molecule has 0 fully saturated rings. The van der Waals surface area contributed by atoms with Gasteiger partial charge in [0, 0.05) is 27.3 Å². The number of carbonyl (C=O) groups is 1. The third-order valence-electron chi connectivity index (χ3n) is 11.3. The molecule has 49 heavy (non-hydrogen) atoms. The lowest BCUT2D eigenvalue weighted by atomic mass is 9.63. The van der Waals surface area contributed by atoms with Crippen LogP contribution in [0.2, 0.25) is 0 Å². The number of fused-ring (bicyclic) bond motifs is 8. The number of carbonyl (C=O) groups excluding carboxylic acids is 1. The third kappa shape index (κ3) is 3.64. The number of para-hydroxylation sites is 2. The van der Waals surface area contributed by atoms with E-state index in [1.807, 2.05) is 12.1 Å². The maximum Gasteiger partial charge on any atom is 0.193 e. The number of hydrogen-bond donors (Lipinski definition) is 0. The Bertz CT molecular complexity index is 2600. The summed E-state index contributed by atoms with van der Waals surface area (Å²) in [6, 6.07) is 58.3. The summed E-state index contributed by atoms with van der Waals surface area (Å²) >= 11 is 0. The van der Waals surface area contributed by atoms with Gasteiger partial charge >= 0.3 is 0 Å². The number of ketones is 1. The average Bonchev–Trinajstić information content (AvgIpc) is 3.62. The molecule has 1 aliphatic heterocycles. The van der Waals surface area contributed by atoms with Crippen LogP contribution in [0.1, 0.15) is 63.1 Å². The van der Waals surface area contributed by atoms with Gasteiger partial charge < -0.3 is 4.57 Å². The molecular weight excluding hydrogens is 595 g/mol. The molecule has 0 spiro atoms. The van der Waals surface area contributed by atoms with Gasteiger partial charge in [-0.3, -0.25) is 4.79 Å². The van der Waals surface area contributed by atoms with Gasteiger partial charge in [0.05, 0.1) is 22.1 Å². The molecule has 0 N–H and O–H groups in total. The average molecular weight is 628 g/mol. The summed E-state index contributed by atoms with van der Waals surface area (Å²) in [6.07, 6.45) is 0. The molecule has 0 unspecified atom stereocenters. The highest BCUT2D eigenvalue weighted by molar-refractivity contribution is 6.13. The van der Waals surface area contributed by atoms with Crippen LogP contribution in [-0.4, -0.2) is 10.4 Å². The molecule has 2 heterocycles. The van der Waals surface area contributed by atoms with Crippen LogP contribution in [0.5, 0.6) is 0 Å². The molecule has 0 saturated carbocycles. The summed E-state index contributed by atoms with van der Waals surface area (Å²) < 4.78 is 2.42. The fraction of sp³-hybridized carbons (Fsp3) is 0.0851. The third-order valence-corrected chi connectivity index (χ3v) is 11.3. The zero-order chi connectivity index (χ0) is 32.9. The van der Waals surface area contributed by atoms with Crippen LogP contribution in [0.4, 0.5) is 0 Å². The minimum Gasteiger partial charge on any atom is -0.309 e. The molecule has 0 saturated heterocycles. The van der Waals surface area contributed by atoms with Gasteiger partial charge in [-0.25, -0.2) is 0 Å². The second-order valence-electron chi connectivity index (χ2n) is 14.0. The summed E-state index contributed by atoms with van der Waals surface area (Å²) in [5, 5.41) is 2.46. The quantitative estimate of drug-likeness (QED) is 0.178. The van der Waals surface area contributed by atoms with Crippen LogP contribution in [0.25, 0.3) is 38.6 Å². The van der Waals surface area contributed by atoms with E-state index in [9.17, 15) is 4.79 Å². The van der Waals surface area contributed by atoms with E-state index in [1.54, 1.807) is 0 Å². The van der Waals surface area contributed by atoms with Crippen molar-refractivity contribution in [1.82, 2.24) is 4.57 Å². The maximum atomic E-state index is 14.7. The van der Waals surface area contributed by atoms with Crippen molar-refractivity contribution in [3.63, 3.8) is 0 Å². The lowest BCUT2D eigenvalue weighted by Crippen LogP contribution is -2.35. The zero-order valence-electron chi connectivity index (χ0n) is 27.4. The topological polar surface area (TPSA) is 22.0 Å². The molecule has 0 bridgehead atoms. The van der Waals surface area contributed by atoms with Crippen LogP contribution in [0.15, 0.2) is 164 Å². The molecule has 0 atom stereocenters. The van der Waals surface area contributed by atoms with Gasteiger partial charge in [0.25, 0.3) is 0 Å². The highest BCUT2D eigenvalue weighted by Crippen LogP contribution is 2.54. The van der Waals surface area contributed by atoms with Crippen LogP contribution >= 0.6 is 0 Å². The maximum absolute atomic E-state index is 14.7. The molecule has 1 aromatic heterocycles. The van der Waals surface area contributed by atoms with Gasteiger partial charge in [-0.15, -0.1) is 0 Å². The number of hydrogen-bond acceptors (Lipinski definition) is 1. The summed E-state index contributed by atoms with van der Waals surface area (Å²) in [5.74, 6) is 0.0359. The minimum absolute atomic E-state index is 0.0359. The smallest absolute Gasteiger partial charge is 0.193 e. The molecule has 8 aromatic rings. The Kier molecular flexibility index (Phi) is 5.73. The van der Waals surface area contributed by atoms with Crippen LogP contribution in [-0.2, 0) is 10.8 Å². The first-order valence-corrected chi connectivity index (χ1v) is 17.1. The Morgan fingerprint density at radius 1 is 0.490 bits per heavy atom. The van der Waals surface area contributed by atoms with Gasteiger partial charge in [-0.1, -0.05) is 147 Å². The van der Waals surface area contributed by atoms with E-state index in [4.69, 9.17) is 0 Å². The van der Waals surface area contributed by atoms with Gasteiger partial charge in [-0.2, -0.15) is 0 Å². The van der Waals surface area contributed by atoms with Crippen LogP contribution in [0, 0.1) is 0 Å². The lowest BCUT2D eigenvalue weighted by Gasteiger charge is -2.42. The van der Waals surface area contributed by atoms with Crippen molar-refractivity contribution in [1.29, 1.82) is 0 Å². The Labute approximate surface area is 285 Å². The molecule has 0 amide bonds. The molecule has 7 aromatic carbocycles. The molecule has 10 rings (SSSR count). The number of aromatic nitrogens is 1. The largest absolute Gasteiger partial charge is 0.309 e. The molecule has 0 radical (unpaired) electrons. The first-order chi connectivity index (χ1) is 24.0. The number of nitrogens with zero attached hydrogens (tertiary/aromatic N) is 1. The molecule has 1 aliphatic carbocycles. The van der Waals surface area contributed by atoms with E-state index >= 15 is 0 Å². The van der Waals surface area contributed by atoms with Crippen molar-refractivity contribution in [2.75, 3.05) is 0 Å². The van der Waals surface area contributed by atoms with Crippen LogP contribution < -0.4 is 0 Å². The van der Waals surface area contributed by atoms with Gasteiger partial charge in [-0.05, 0) is 74.8 Å². The predicted molar refractivity (Wildman–Crippen MR) is 200 cm³/mol. The first kappa shape index (κ1) is 28.1. The summed E-state index contributed by atoms with van der Waals surface area (Å²) in [7, 11) is 0. The number of benzene rings is 7. The molecule has 2 nitrogen and oxygen atoms in total. The van der Waals surface area contributed by atoms with E-state index in [0.29, 0.717) is 5.56 Å². The van der Waals surface area contributed by atoms with Crippen molar-refractivity contribution < 1.29 is 4.79 Å². The van der Waals surface area contributed by atoms with E-state index < -0.39 is 5.41 Å². The van der Waals surface area contributed by atoms with E-state index in [1.165, 1.54) is 60.8 Å². The standard InChI is InChI=1S/C47H33NO/c1-46(2)38-21-11-9-18-34(38)35-26-24-30(28-40(35)46)45(49)31-25-27-43-41(29-31)47(32-14-5-3-6-15-32,33-16-7-4-8-17-33)39-22-13-20-37-36-19-10-12-23-42(36)48(43)44(37)39/h3-29H,1-2H3. The molecule has 2 heteroatoms. The monoisotopic (exact) mass is 627 g/mol. The lowest BCUT2D eigenvalue weighted by molar-refractivity contribution is 0.103. The zero-order valence-corrected chi connectivity index (χ0v) is 27.4. The van der Waals surface area contributed by atoms with Crippen molar-refractivity contribution in [3.05, 3.63) is 208 Å². The van der Waals surface area contributed by atoms with E-state index in [0.717, 1.165) is 16.8 Å². The highest BCUT2D eigenvalue weighted by Gasteiger charge is 2.45. The summed E-state index contributed by atoms with van der Waals surface area (Å²) in [5.41, 5.74) is 13.7. The van der Waals surface area contributed by atoms with E-state index in [2.05, 4.69) is 170 Å². The Morgan fingerprint density at radius 2 is 1.06 bits per heavy atom. The summed E-state index contributed by atoms with van der Waals surface area (Å²) in [4.78, 5) is 14.7. The number of rotatable bonds is 4. The van der Waals surface area contributed by atoms with E-state index in [-0.39, 0.29) is 11.2 Å². The predicted octanol–water partition coefficient (Wildman–Crippen LogP) is 11.0. The molecule has 2 aliphatic rings. The van der Waals surface area contributed by atoms with Crippen molar-refractivity contribution in [2.45, 2.75) is 24.7 Å². The highest BCUT2D eigenvalue weighted by atomic mass is 16.1. The second-order valence-corrected chi connectivity index (χ2v) is 14.0.